The first-order valence-corrected chi connectivity index (χ1v) is 4.78. The normalized spacial score (nSPS) is 12.9. The highest BCUT2D eigenvalue weighted by Crippen LogP contribution is 2.17. The van der Waals surface area contributed by atoms with E-state index in [1.165, 1.54) is 0 Å². The Morgan fingerprint density at radius 2 is 2.44 bits per heavy atom. The fourth-order valence-electron chi connectivity index (χ4n) is 1.29. The number of ether oxygens (including phenoxy) is 1. The highest BCUT2D eigenvalue weighted by molar-refractivity contribution is 5.49. The molecule has 0 fully saturated rings. The average Bonchev–Trinajstić information content (AvgIpc) is 2.85. The lowest BCUT2D eigenvalue weighted by molar-refractivity contribution is 0.177. The summed E-state index contributed by atoms with van der Waals surface area (Å²) in [7, 11) is 3.39. The van der Waals surface area contributed by atoms with Crippen LogP contribution in [0.15, 0.2) is 16.9 Å². The fourth-order valence-corrected chi connectivity index (χ4v) is 1.29. The molecule has 86 valence electrons. The summed E-state index contributed by atoms with van der Waals surface area (Å²) >= 11 is 0. The maximum Gasteiger partial charge on any atom is 0.261 e. The van der Waals surface area contributed by atoms with Gasteiger partial charge in [-0.1, -0.05) is 5.16 Å². The Balaban J connectivity index is 2.19. The van der Waals surface area contributed by atoms with E-state index in [2.05, 4.69) is 15.2 Å². The number of aromatic nitrogens is 4. The number of aryl methyl sites for hydroxylation is 1. The molecule has 2 aromatic rings. The van der Waals surface area contributed by atoms with Crippen LogP contribution in [0.4, 0.5) is 0 Å². The van der Waals surface area contributed by atoms with E-state index >= 15 is 0 Å². The highest BCUT2D eigenvalue weighted by Gasteiger charge is 2.15. The zero-order chi connectivity index (χ0) is 11.5. The van der Waals surface area contributed by atoms with Crippen LogP contribution in [0.2, 0.25) is 0 Å². The van der Waals surface area contributed by atoms with Crippen molar-refractivity contribution in [1.82, 2.24) is 19.9 Å². The van der Waals surface area contributed by atoms with Gasteiger partial charge >= 0.3 is 0 Å². The van der Waals surface area contributed by atoms with Gasteiger partial charge in [0.15, 0.2) is 5.82 Å². The van der Waals surface area contributed by atoms with Crippen molar-refractivity contribution in [3.63, 3.8) is 0 Å². The minimum atomic E-state index is -0.376. The van der Waals surface area contributed by atoms with Crippen LogP contribution in [-0.2, 0) is 11.8 Å². The van der Waals surface area contributed by atoms with Crippen molar-refractivity contribution in [2.24, 2.45) is 12.8 Å². The summed E-state index contributed by atoms with van der Waals surface area (Å²) in [5, 5.41) is 7.81. The molecule has 0 aliphatic carbocycles. The molecule has 2 N–H and O–H groups in total. The first-order valence-electron chi connectivity index (χ1n) is 4.78. The molecule has 2 rings (SSSR count). The molecule has 2 heterocycles. The molecule has 1 unspecified atom stereocenters. The smallest absolute Gasteiger partial charge is 0.261 e. The monoisotopic (exact) mass is 223 g/mol. The standard InChI is InChI=1S/C9H13N5O2/c1-14-4-6(3-11-14)9-12-8(13-16-9)7(10)5-15-2/h3-4,7H,5,10H2,1-2H3. The molecule has 7 nitrogen and oxygen atoms in total. The van der Waals surface area contributed by atoms with Gasteiger partial charge in [-0.15, -0.1) is 0 Å². The molecule has 0 amide bonds. The maximum atomic E-state index is 5.77. The molecule has 16 heavy (non-hydrogen) atoms. The zero-order valence-corrected chi connectivity index (χ0v) is 9.12. The Hall–Kier alpha value is -1.73. The third-order valence-electron chi connectivity index (χ3n) is 2.07. The molecule has 0 aliphatic heterocycles. The second-order valence-corrected chi connectivity index (χ2v) is 3.42. The van der Waals surface area contributed by atoms with Gasteiger partial charge in [-0.2, -0.15) is 10.1 Å². The van der Waals surface area contributed by atoms with Gasteiger partial charge in [0.05, 0.1) is 24.4 Å². The van der Waals surface area contributed by atoms with Crippen molar-refractivity contribution in [2.45, 2.75) is 6.04 Å². The molecular formula is C9H13N5O2. The highest BCUT2D eigenvalue weighted by atomic mass is 16.5. The van der Waals surface area contributed by atoms with Crippen molar-refractivity contribution in [3.8, 4) is 11.5 Å². The van der Waals surface area contributed by atoms with E-state index in [0.717, 1.165) is 5.56 Å². The van der Waals surface area contributed by atoms with Crippen LogP contribution in [0, 0.1) is 0 Å². The van der Waals surface area contributed by atoms with E-state index in [1.807, 2.05) is 7.05 Å². The molecule has 0 aromatic carbocycles. The Labute approximate surface area is 92.2 Å². The van der Waals surface area contributed by atoms with Crippen LogP contribution in [0.5, 0.6) is 0 Å². The second kappa shape index (κ2) is 4.42. The zero-order valence-electron chi connectivity index (χ0n) is 9.12. The Kier molecular flexibility index (Phi) is 2.97. The number of nitrogens with zero attached hydrogens (tertiary/aromatic N) is 4. The van der Waals surface area contributed by atoms with Crippen molar-refractivity contribution >= 4 is 0 Å². The number of hydrogen-bond acceptors (Lipinski definition) is 6. The molecule has 0 bridgehead atoms. The molecule has 0 saturated heterocycles. The first-order chi connectivity index (χ1) is 7.70. The SMILES string of the molecule is COCC(N)c1noc(-c2cnn(C)c2)n1. The van der Waals surface area contributed by atoms with Gasteiger partial charge in [-0.25, -0.2) is 0 Å². The van der Waals surface area contributed by atoms with Gasteiger partial charge in [0.2, 0.25) is 0 Å². The van der Waals surface area contributed by atoms with E-state index in [0.29, 0.717) is 18.3 Å². The summed E-state index contributed by atoms with van der Waals surface area (Å²) in [5.41, 5.74) is 6.54. The third kappa shape index (κ3) is 2.10. The van der Waals surface area contributed by atoms with Gasteiger partial charge in [0.25, 0.3) is 5.89 Å². The molecule has 2 aromatic heterocycles. The number of methoxy groups -OCH3 is 1. The summed E-state index contributed by atoms with van der Waals surface area (Å²) in [6.45, 7) is 0.353. The summed E-state index contributed by atoms with van der Waals surface area (Å²) in [4.78, 5) is 4.18. The first kappa shape index (κ1) is 10.8. The lowest BCUT2D eigenvalue weighted by Crippen LogP contribution is -2.17. The average molecular weight is 223 g/mol. The van der Waals surface area contributed by atoms with Crippen molar-refractivity contribution in [2.75, 3.05) is 13.7 Å². The topological polar surface area (TPSA) is 92.0 Å². The molecule has 0 radical (unpaired) electrons. The Bertz CT molecular complexity index is 464. The van der Waals surface area contributed by atoms with Crippen molar-refractivity contribution < 1.29 is 9.26 Å². The predicted molar refractivity (Wildman–Crippen MR) is 55.3 cm³/mol. The summed E-state index contributed by atoms with van der Waals surface area (Å²) in [6.07, 6.45) is 3.44. The van der Waals surface area contributed by atoms with Crippen LogP contribution < -0.4 is 5.73 Å². The van der Waals surface area contributed by atoms with E-state index in [1.54, 1.807) is 24.2 Å². The van der Waals surface area contributed by atoms with Crippen LogP contribution in [-0.4, -0.2) is 33.6 Å². The summed E-state index contributed by atoms with van der Waals surface area (Å²) < 4.78 is 11.7. The molecule has 0 saturated carbocycles. The second-order valence-electron chi connectivity index (χ2n) is 3.42. The van der Waals surface area contributed by atoms with Gasteiger partial charge < -0.3 is 15.0 Å². The Morgan fingerprint density at radius 3 is 3.06 bits per heavy atom. The summed E-state index contributed by atoms with van der Waals surface area (Å²) in [6, 6.07) is -0.376. The fraction of sp³-hybridized carbons (Fsp3) is 0.444. The van der Waals surface area contributed by atoms with Crippen LogP contribution in [0.1, 0.15) is 11.9 Å². The summed E-state index contributed by atoms with van der Waals surface area (Å²) in [5.74, 6) is 0.843. The quantitative estimate of drug-likeness (QED) is 0.791. The van der Waals surface area contributed by atoms with E-state index < -0.39 is 0 Å². The Morgan fingerprint density at radius 1 is 1.62 bits per heavy atom. The lowest BCUT2D eigenvalue weighted by Gasteiger charge is -2.02. The number of nitrogens with two attached hydrogens (primary N) is 1. The minimum absolute atomic E-state index is 0.353. The van der Waals surface area contributed by atoms with Gasteiger partial charge in [0.1, 0.15) is 0 Å². The van der Waals surface area contributed by atoms with E-state index in [-0.39, 0.29) is 6.04 Å². The molecule has 0 aliphatic rings. The maximum absolute atomic E-state index is 5.77. The van der Waals surface area contributed by atoms with E-state index in [9.17, 15) is 0 Å². The largest absolute Gasteiger partial charge is 0.383 e. The molecule has 0 spiro atoms. The number of hydrogen-bond donors (Lipinski definition) is 1. The van der Waals surface area contributed by atoms with Gasteiger partial charge in [-0.3, -0.25) is 4.68 Å². The van der Waals surface area contributed by atoms with Gasteiger partial charge in [0, 0.05) is 20.4 Å². The minimum Gasteiger partial charge on any atom is -0.383 e. The van der Waals surface area contributed by atoms with E-state index in [4.69, 9.17) is 15.0 Å². The van der Waals surface area contributed by atoms with Crippen LogP contribution in [0.3, 0.4) is 0 Å². The van der Waals surface area contributed by atoms with Crippen LogP contribution >= 0.6 is 0 Å². The lowest BCUT2D eigenvalue weighted by atomic mass is 10.3. The van der Waals surface area contributed by atoms with Crippen LogP contribution in [0.25, 0.3) is 11.5 Å². The molecule has 1 atom stereocenters. The van der Waals surface area contributed by atoms with Crippen molar-refractivity contribution in [3.05, 3.63) is 18.2 Å². The molecular weight excluding hydrogens is 210 g/mol. The number of rotatable bonds is 4. The predicted octanol–water partition coefficient (Wildman–Crippen LogP) is 0.116. The third-order valence-corrected chi connectivity index (χ3v) is 2.07. The van der Waals surface area contributed by atoms with Crippen molar-refractivity contribution in [1.29, 1.82) is 0 Å². The van der Waals surface area contributed by atoms with Gasteiger partial charge in [-0.05, 0) is 0 Å². The molecule has 7 heteroatoms.